The Morgan fingerprint density at radius 2 is 1.64 bits per heavy atom. The van der Waals surface area contributed by atoms with E-state index in [-0.39, 0.29) is 5.91 Å². The van der Waals surface area contributed by atoms with Crippen LogP contribution in [0.2, 0.25) is 0 Å². The molecule has 25 heavy (non-hydrogen) atoms. The average Bonchev–Trinajstić information content (AvgIpc) is 2.63. The smallest absolute Gasteiger partial charge is 0.261 e. The van der Waals surface area contributed by atoms with Gasteiger partial charge in [0.1, 0.15) is 5.75 Å². The zero-order chi connectivity index (χ0) is 18.2. The second-order valence-electron chi connectivity index (χ2n) is 6.13. The van der Waals surface area contributed by atoms with Crippen molar-refractivity contribution in [3.05, 3.63) is 59.7 Å². The van der Waals surface area contributed by atoms with Gasteiger partial charge in [-0.15, -0.1) is 0 Å². The minimum atomic E-state index is -0.530. The number of ether oxygens (including phenoxy) is 1. The molecule has 0 aliphatic carbocycles. The van der Waals surface area contributed by atoms with Crippen molar-refractivity contribution in [2.24, 2.45) is 0 Å². The summed E-state index contributed by atoms with van der Waals surface area (Å²) in [4.78, 5) is 14.5. The Morgan fingerprint density at radius 1 is 1.04 bits per heavy atom. The largest absolute Gasteiger partial charge is 0.481 e. The second-order valence-corrected chi connectivity index (χ2v) is 6.13. The van der Waals surface area contributed by atoms with Crippen LogP contribution in [0.25, 0.3) is 0 Å². The molecule has 2 aromatic rings. The molecule has 134 valence electrons. The first kappa shape index (κ1) is 18.8. The van der Waals surface area contributed by atoms with Crippen molar-refractivity contribution in [2.45, 2.75) is 40.3 Å². The molecule has 0 unspecified atom stereocenters. The molecule has 0 radical (unpaired) electrons. The van der Waals surface area contributed by atoms with Crippen molar-refractivity contribution < 1.29 is 9.53 Å². The average molecular weight is 340 g/mol. The minimum absolute atomic E-state index is 0.117. The zero-order valence-corrected chi connectivity index (χ0v) is 15.6. The van der Waals surface area contributed by atoms with Crippen molar-refractivity contribution in [3.8, 4) is 5.75 Å². The van der Waals surface area contributed by atoms with Crippen LogP contribution in [0.5, 0.6) is 5.75 Å². The maximum atomic E-state index is 12.2. The molecule has 0 aromatic heterocycles. The second kappa shape index (κ2) is 9.11. The fourth-order valence-electron chi connectivity index (χ4n) is 2.62. The van der Waals surface area contributed by atoms with Gasteiger partial charge < -0.3 is 15.0 Å². The van der Waals surface area contributed by atoms with Crippen LogP contribution in [0.15, 0.2) is 48.5 Å². The van der Waals surface area contributed by atoms with Crippen LogP contribution in [0, 0.1) is 6.92 Å². The molecule has 0 spiro atoms. The highest BCUT2D eigenvalue weighted by Crippen LogP contribution is 2.15. The maximum absolute atomic E-state index is 12.2. The molecular formula is C21H28N2O2. The molecule has 0 saturated heterocycles. The summed E-state index contributed by atoms with van der Waals surface area (Å²) in [5.74, 6) is 0.588. The van der Waals surface area contributed by atoms with E-state index in [1.165, 1.54) is 5.69 Å². The Kier molecular flexibility index (Phi) is 6.87. The third-order valence-corrected chi connectivity index (χ3v) is 4.23. The molecule has 0 saturated carbocycles. The number of aryl methyl sites for hydroxylation is 1. The predicted molar refractivity (Wildman–Crippen MR) is 103 cm³/mol. The molecule has 1 atom stereocenters. The molecule has 0 heterocycles. The molecule has 0 bridgehead atoms. The summed E-state index contributed by atoms with van der Waals surface area (Å²) in [6.07, 6.45) is -0.530. The lowest BCUT2D eigenvalue weighted by atomic mass is 10.2. The summed E-state index contributed by atoms with van der Waals surface area (Å²) >= 11 is 0. The molecule has 4 heteroatoms. The maximum Gasteiger partial charge on any atom is 0.261 e. The Labute approximate surface area is 150 Å². The van der Waals surface area contributed by atoms with E-state index in [4.69, 9.17) is 4.74 Å². The number of hydrogen-bond donors (Lipinski definition) is 1. The summed E-state index contributed by atoms with van der Waals surface area (Å²) in [7, 11) is 0. The molecule has 2 rings (SSSR count). The van der Waals surface area contributed by atoms with Crippen molar-refractivity contribution in [1.29, 1.82) is 0 Å². The molecular weight excluding hydrogens is 312 g/mol. The number of carbonyl (C=O) groups is 1. The van der Waals surface area contributed by atoms with Gasteiger partial charge in [0.25, 0.3) is 5.91 Å². The quantitative estimate of drug-likeness (QED) is 0.792. The van der Waals surface area contributed by atoms with Crippen LogP contribution >= 0.6 is 0 Å². The normalized spacial score (nSPS) is 11.7. The predicted octanol–water partition coefficient (Wildman–Crippen LogP) is 3.92. The lowest BCUT2D eigenvalue weighted by Gasteiger charge is -2.21. The summed E-state index contributed by atoms with van der Waals surface area (Å²) in [6, 6.07) is 16.0. The summed E-state index contributed by atoms with van der Waals surface area (Å²) < 4.78 is 5.68. The lowest BCUT2D eigenvalue weighted by Crippen LogP contribution is -2.35. The van der Waals surface area contributed by atoms with E-state index in [9.17, 15) is 4.79 Å². The van der Waals surface area contributed by atoms with Crippen LogP contribution in [-0.2, 0) is 11.3 Å². The van der Waals surface area contributed by atoms with E-state index in [2.05, 4.69) is 48.3 Å². The first-order chi connectivity index (χ1) is 12.0. The Hall–Kier alpha value is -2.49. The topological polar surface area (TPSA) is 41.6 Å². The van der Waals surface area contributed by atoms with Gasteiger partial charge in [-0.2, -0.15) is 0 Å². The SMILES string of the molecule is CCN(CC)c1ccc(CNC(=O)[C@H](C)Oc2ccc(C)cc2)cc1. The standard InChI is InChI=1S/C21H28N2O2/c1-5-23(6-2)19-11-9-18(10-12-19)15-22-21(24)17(4)25-20-13-7-16(3)8-14-20/h7-14,17H,5-6,15H2,1-4H3,(H,22,24)/t17-/m0/s1. The highest BCUT2D eigenvalue weighted by atomic mass is 16.5. The first-order valence-electron chi connectivity index (χ1n) is 8.88. The third-order valence-electron chi connectivity index (χ3n) is 4.23. The Balaban J connectivity index is 1.85. The molecule has 1 amide bonds. The van der Waals surface area contributed by atoms with Gasteiger partial charge in [0, 0.05) is 25.3 Å². The molecule has 4 nitrogen and oxygen atoms in total. The molecule has 0 aliphatic rings. The number of rotatable bonds is 8. The van der Waals surface area contributed by atoms with Gasteiger partial charge in [-0.25, -0.2) is 0 Å². The summed E-state index contributed by atoms with van der Waals surface area (Å²) in [5.41, 5.74) is 3.44. The molecule has 0 aliphatic heterocycles. The van der Waals surface area contributed by atoms with E-state index in [0.717, 1.165) is 24.2 Å². The van der Waals surface area contributed by atoms with Crippen LogP contribution in [0.1, 0.15) is 31.9 Å². The molecule has 1 N–H and O–H groups in total. The summed E-state index contributed by atoms with van der Waals surface area (Å²) in [5, 5.41) is 2.93. The highest BCUT2D eigenvalue weighted by Gasteiger charge is 2.14. The number of nitrogens with one attached hydrogen (secondary N) is 1. The fraction of sp³-hybridized carbons (Fsp3) is 0.381. The number of anilines is 1. The number of benzene rings is 2. The van der Waals surface area contributed by atoms with E-state index >= 15 is 0 Å². The zero-order valence-electron chi connectivity index (χ0n) is 15.6. The number of nitrogens with zero attached hydrogens (tertiary/aromatic N) is 1. The minimum Gasteiger partial charge on any atom is -0.481 e. The van der Waals surface area contributed by atoms with Crippen molar-refractivity contribution in [1.82, 2.24) is 5.32 Å². The Morgan fingerprint density at radius 3 is 2.20 bits per heavy atom. The first-order valence-corrected chi connectivity index (χ1v) is 8.88. The number of hydrogen-bond acceptors (Lipinski definition) is 3. The Bertz CT molecular complexity index is 661. The van der Waals surface area contributed by atoms with E-state index in [1.807, 2.05) is 31.2 Å². The van der Waals surface area contributed by atoms with E-state index < -0.39 is 6.10 Å². The van der Waals surface area contributed by atoms with Gasteiger partial charge >= 0.3 is 0 Å². The van der Waals surface area contributed by atoms with Crippen molar-refractivity contribution in [2.75, 3.05) is 18.0 Å². The van der Waals surface area contributed by atoms with Crippen LogP contribution in [0.3, 0.4) is 0 Å². The number of carbonyl (C=O) groups excluding carboxylic acids is 1. The number of amides is 1. The fourth-order valence-corrected chi connectivity index (χ4v) is 2.62. The van der Waals surface area contributed by atoms with E-state index in [0.29, 0.717) is 12.3 Å². The third kappa shape index (κ3) is 5.52. The van der Waals surface area contributed by atoms with Gasteiger partial charge in [0.15, 0.2) is 6.10 Å². The van der Waals surface area contributed by atoms with Crippen LogP contribution in [0.4, 0.5) is 5.69 Å². The molecule has 0 fully saturated rings. The van der Waals surface area contributed by atoms with Gasteiger partial charge in [-0.3, -0.25) is 4.79 Å². The van der Waals surface area contributed by atoms with Gasteiger partial charge in [-0.1, -0.05) is 29.8 Å². The van der Waals surface area contributed by atoms with Gasteiger partial charge in [0.05, 0.1) is 0 Å². The van der Waals surface area contributed by atoms with E-state index in [1.54, 1.807) is 6.92 Å². The van der Waals surface area contributed by atoms with Crippen molar-refractivity contribution >= 4 is 11.6 Å². The van der Waals surface area contributed by atoms with Crippen LogP contribution < -0.4 is 15.0 Å². The molecule has 2 aromatic carbocycles. The summed E-state index contributed by atoms with van der Waals surface area (Å²) in [6.45, 7) is 10.5. The monoisotopic (exact) mass is 340 g/mol. The van der Waals surface area contributed by atoms with Crippen LogP contribution in [-0.4, -0.2) is 25.1 Å². The van der Waals surface area contributed by atoms with Crippen molar-refractivity contribution in [3.63, 3.8) is 0 Å². The van der Waals surface area contributed by atoms with Gasteiger partial charge in [0.2, 0.25) is 0 Å². The van der Waals surface area contributed by atoms with Gasteiger partial charge in [-0.05, 0) is 57.5 Å². The highest BCUT2D eigenvalue weighted by molar-refractivity contribution is 5.80. The lowest BCUT2D eigenvalue weighted by molar-refractivity contribution is -0.127.